The van der Waals surface area contributed by atoms with Gasteiger partial charge in [0.1, 0.15) is 0 Å². The molecule has 2 aromatic rings. The zero-order chi connectivity index (χ0) is 14.9. The van der Waals surface area contributed by atoms with Crippen LogP contribution in [0.3, 0.4) is 0 Å². The molecular weight excluding hydrogens is 258 g/mol. The van der Waals surface area contributed by atoms with Gasteiger partial charge in [-0.3, -0.25) is 4.79 Å². The van der Waals surface area contributed by atoms with Crippen molar-refractivity contribution in [3.05, 3.63) is 48.0 Å². The minimum Gasteiger partial charge on any atom is -0.369 e. The van der Waals surface area contributed by atoms with E-state index < -0.39 is 0 Å². The molecule has 0 bridgehead atoms. The lowest BCUT2D eigenvalue weighted by atomic mass is 9.63. The SMILES string of the molecule is C[C@H](c1cccc2ccccc12)C1(C(N)=O)CCCCC1. The van der Waals surface area contributed by atoms with Gasteiger partial charge in [0.2, 0.25) is 5.91 Å². The first-order valence-electron chi connectivity index (χ1n) is 7.93. The monoisotopic (exact) mass is 281 g/mol. The van der Waals surface area contributed by atoms with Crippen molar-refractivity contribution in [2.24, 2.45) is 11.1 Å². The molecule has 1 saturated carbocycles. The molecule has 2 aromatic carbocycles. The summed E-state index contributed by atoms with van der Waals surface area (Å²) in [5, 5.41) is 2.48. The van der Waals surface area contributed by atoms with Gasteiger partial charge in [-0.1, -0.05) is 68.7 Å². The van der Waals surface area contributed by atoms with Crippen molar-refractivity contribution >= 4 is 16.7 Å². The van der Waals surface area contributed by atoms with Crippen molar-refractivity contribution in [3.8, 4) is 0 Å². The highest BCUT2D eigenvalue weighted by Crippen LogP contribution is 2.48. The lowest BCUT2D eigenvalue weighted by molar-refractivity contribution is -0.130. The molecule has 0 heterocycles. The molecule has 1 aliphatic rings. The van der Waals surface area contributed by atoms with Crippen LogP contribution in [0.5, 0.6) is 0 Å². The number of rotatable bonds is 3. The highest BCUT2D eigenvalue weighted by Gasteiger charge is 2.43. The average molecular weight is 281 g/mol. The van der Waals surface area contributed by atoms with E-state index in [-0.39, 0.29) is 17.2 Å². The normalized spacial score (nSPS) is 19.3. The van der Waals surface area contributed by atoms with Crippen LogP contribution < -0.4 is 5.73 Å². The summed E-state index contributed by atoms with van der Waals surface area (Å²) in [5.74, 6) is 0.0454. The number of primary amides is 1. The van der Waals surface area contributed by atoms with E-state index in [4.69, 9.17) is 5.73 Å². The van der Waals surface area contributed by atoms with E-state index in [9.17, 15) is 4.79 Å². The Morgan fingerprint density at radius 2 is 1.71 bits per heavy atom. The van der Waals surface area contributed by atoms with Crippen LogP contribution in [0.25, 0.3) is 10.8 Å². The van der Waals surface area contributed by atoms with Gasteiger partial charge in [0.15, 0.2) is 0 Å². The molecule has 1 fully saturated rings. The Balaban J connectivity index is 2.10. The molecule has 2 N–H and O–H groups in total. The van der Waals surface area contributed by atoms with Gasteiger partial charge in [0, 0.05) is 0 Å². The first-order chi connectivity index (χ1) is 10.1. The van der Waals surface area contributed by atoms with Gasteiger partial charge in [0.05, 0.1) is 5.41 Å². The molecule has 110 valence electrons. The van der Waals surface area contributed by atoms with Gasteiger partial charge in [-0.2, -0.15) is 0 Å². The second-order valence-electron chi connectivity index (χ2n) is 6.37. The Labute approximate surface area is 126 Å². The highest BCUT2D eigenvalue weighted by atomic mass is 16.1. The van der Waals surface area contributed by atoms with Crippen LogP contribution in [0, 0.1) is 5.41 Å². The minimum absolute atomic E-state index is 0.123. The summed E-state index contributed by atoms with van der Waals surface area (Å²) in [6.07, 6.45) is 5.28. The predicted molar refractivity (Wildman–Crippen MR) is 87.1 cm³/mol. The molecule has 0 spiro atoms. The zero-order valence-electron chi connectivity index (χ0n) is 12.6. The summed E-state index contributed by atoms with van der Waals surface area (Å²) in [6, 6.07) is 14.8. The van der Waals surface area contributed by atoms with Crippen LogP contribution in [0.2, 0.25) is 0 Å². The van der Waals surface area contributed by atoms with Crippen LogP contribution >= 0.6 is 0 Å². The van der Waals surface area contributed by atoms with Crippen LogP contribution in [-0.2, 0) is 4.79 Å². The van der Waals surface area contributed by atoms with E-state index in [1.165, 1.54) is 22.8 Å². The van der Waals surface area contributed by atoms with Crippen molar-refractivity contribution in [2.45, 2.75) is 44.9 Å². The second kappa shape index (κ2) is 5.51. The van der Waals surface area contributed by atoms with E-state index in [2.05, 4.69) is 49.4 Å². The number of carbonyl (C=O) groups excluding carboxylic acids is 1. The maximum atomic E-state index is 12.2. The molecular formula is C19H23NO. The molecule has 1 aliphatic carbocycles. The Bertz CT molecular complexity index is 650. The first-order valence-corrected chi connectivity index (χ1v) is 7.93. The zero-order valence-corrected chi connectivity index (χ0v) is 12.6. The fourth-order valence-corrected chi connectivity index (χ4v) is 4.00. The Hall–Kier alpha value is -1.83. The molecule has 0 unspecified atom stereocenters. The maximum Gasteiger partial charge on any atom is 0.224 e. The number of nitrogens with two attached hydrogens (primary N) is 1. The average Bonchev–Trinajstić information content (AvgIpc) is 2.54. The second-order valence-corrected chi connectivity index (χ2v) is 6.37. The minimum atomic E-state index is -0.373. The Morgan fingerprint density at radius 3 is 2.43 bits per heavy atom. The third-order valence-corrected chi connectivity index (χ3v) is 5.36. The van der Waals surface area contributed by atoms with Gasteiger partial charge in [-0.05, 0) is 35.1 Å². The Kier molecular flexibility index (Phi) is 3.71. The van der Waals surface area contributed by atoms with Crippen molar-refractivity contribution < 1.29 is 4.79 Å². The molecule has 21 heavy (non-hydrogen) atoms. The smallest absolute Gasteiger partial charge is 0.224 e. The van der Waals surface area contributed by atoms with E-state index >= 15 is 0 Å². The molecule has 0 aromatic heterocycles. The van der Waals surface area contributed by atoms with Crippen molar-refractivity contribution in [1.29, 1.82) is 0 Å². The van der Waals surface area contributed by atoms with Crippen molar-refractivity contribution in [1.82, 2.24) is 0 Å². The quantitative estimate of drug-likeness (QED) is 0.891. The topological polar surface area (TPSA) is 43.1 Å². The van der Waals surface area contributed by atoms with Crippen LogP contribution in [-0.4, -0.2) is 5.91 Å². The molecule has 2 heteroatoms. The largest absolute Gasteiger partial charge is 0.369 e. The summed E-state index contributed by atoms with van der Waals surface area (Å²) >= 11 is 0. The third kappa shape index (κ3) is 2.33. The van der Waals surface area contributed by atoms with E-state index in [0.717, 1.165) is 25.7 Å². The first kappa shape index (κ1) is 14.1. The highest BCUT2D eigenvalue weighted by molar-refractivity contribution is 5.88. The van der Waals surface area contributed by atoms with Crippen LogP contribution in [0.1, 0.15) is 50.5 Å². The molecule has 0 saturated heterocycles. The number of fused-ring (bicyclic) bond motifs is 1. The summed E-state index contributed by atoms with van der Waals surface area (Å²) in [6.45, 7) is 2.18. The summed E-state index contributed by atoms with van der Waals surface area (Å²) < 4.78 is 0. The van der Waals surface area contributed by atoms with Gasteiger partial charge < -0.3 is 5.73 Å². The fraction of sp³-hybridized carbons (Fsp3) is 0.421. The van der Waals surface area contributed by atoms with Crippen molar-refractivity contribution in [2.75, 3.05) is 0 Å². The van der Waals surface area contributed by atoms with Crippen molar-refractivity contribution in [3.63, 3.8) is 0 Å². The Morgan fingerprint density at radius 1 is 1.05 bits per heavy atom. The molecule has 2 nitrogen and oxygen atoms in total. The third-order valence-electron chi connectivity index (χ3n) is 5.36. The van der Waals surface area contributed by atoms with E-state index in [1.54, 1.807) is 0 Å². The van der Waals surface area contributed by atoms with E-state index in [1.807, 2.05) is 0 Å². The summed E-state index contributed by atoms with van der Waals surface area (Å²) in [5.41, 5.74) is 6.73. The summed E-state index contributed by atoms with van der Waals surface area (Å²) in [4.78, 5) is 12.2. The summed E-state index contributed by atoms with van der Waals surface area (Å²) in [7, 11) is 0. The number of carbonyl (C=O) groups is 1. The molecule has 1 atom stereocenters. The lowest BCUT2D eigenvalue weighted by Gasteiger charge is -2.40. The van der Waals surface area contributed by atoms with Crippen LogP contribution in [0.4, 0.5) is 0 Å². The van der Waals surface area contributed by atoms with Gasteiger partial charge in [0.25, 0.3) is 0 Å². The van der Waals surface area contributed by atoms with Crippen LogP contribution in [0.15, 0.2) is 42.5 Å². The molecule has 1 amide bonds. The number of hydrogen-bond donors (Lipinski definition) is 1. The lowest BCUT2D eigenvalue weighted by Crippen LogP contribution is -2.42. The molecule has 0 aliphatic heterocycles. The maximum absolute atomic E-state index is 12.2. The number of benzene rings is 2. The predicted octanol–water partition coefficient (Wildman–Crippen LogP) is 4.38. The molecule has 3 rings (SSSR count). The van der Waals surface area contributed by atoms with Gasteiger partial charge >= 0.3 is 0 Å². The van der Waals surface area contributed by atoms with Gasteiger partial charge in [-0.25, -0.2) is 0 Å². The number of amides is 1. The van der Waals surface area contributed by atoms with Gasteiger partial charge in [-0.15, -0.1) is 0 Å². The molecule has 0 radical (unpaired) electrons. The fourth-order valence-electron chi connectivity index (χ4n) is 4.00. The number of hydrogen-bond acceptors (Lipinski definition) is 1. The van der Waals surface area contributed by atoms with E-state index in [0.29, 0.717) is 0 Å². The standard InChI is InChI=1S/C19H23NO/c1-14(19(18(20)21)12-5-2-6-13-19)16-11-7-9-15-8-3-4-10-17(15)16/h3-4,7-11,14H,2,5-6,12-13H2,1H3,(H2,20,21)/t14-/m1/s1.